The number of hydrogen-bond donors (Lipinski definition) is 1. The molecule has 92 valence electrons. The Morgan fingerprint density at radius 1 is 1.47 bits per heavy atom. The summed E-state index contributed by atoms with van der Waals surface area (Å²) in [6, 6.07) is 1.64. The van der Waals surface area contributed by atoms with Crippen LogP contribution >= 0.6 is 0 Å². The van der Waals surface area contributed by atoms with Crippen LogP contribution in [0.25, 0.3) is 0 Å². The van der Waals surface area contributed by atoms with E-state index in [0.717, 1.165) is 23.2 Å². The number of aliphatic hydroxyl groups excluding tert-OH is 1. The third-order valence-electron chi connectivity index (χ3n) is 2.53. The third kappa shape index (κ3) is 2.23. The Morgan fingerprint density at radius 3 is 2.71 bits per heavy atom. The summed E-state index contributed by atoms with van der Waals surface area (Å²) in [5.74, 6) is -0.696. The molecule has 1 aliphatic heterocycles. The van der Waals surface area contributed by atoms with Gasteiger partial charge in [0.05, 0.1) is 5.56 Å². The summed E-state index contributed by atoms with van der Waals surface area (Å²) < 4.78 is 37.3. The number of nitrogens with zero attached hydrogens (tertiary/aromatic N) is 2. The Kier molecular flexibility index (Phi) is 2.78. The lowest BCUT2D eigenvalue weighted by atomic mass is 10.2. The summed E-state index contributed by atoms with van der Waals surface area (Å²) in [6.45, 7) is 0.175. The largest absolute Gasteiger partial charge is 0.416 e. The number of pyridine rings is 1. The fourth-order valence-corrected chi connectivity index (χ4v) is 1.63. The summed E-state index contributed by atoms with van der Waals surface area (Å²) in [4.78, 5) is 16.2. The van der Waals surface area contributed by atoms with Crippen LogP contribution in [0.4, 0.5) is 19.0 Å². The van der Waals surface area contributed by atoms with Crippen LogP contribution in [0.1, 0.15) is 12.0 Å². The lowest BCUT2D eigenvalue weighted by Gasteiger charge is -2.16. The minimum Gasteiger partial charge on any atom is -0.383 e. The van der Waals surface area contributed by atoms with E-state index in [-0.39, 0.29) is 18.8 Å². The van der Waals surface area contributed by atoms with Gasteiger partial charge in [-0.25, -0.2) is 4.98 Å². The van der Waals surface area contributed by atoms with Crippen molar-refractivity contribution in [3.8, 4) is 0 Å². The highest BCUT2D eigenvalue weighted by atomic mass is 19.4. The number of aliphatic hydroxyl groups is 1. The molecule has 17 heavy (non-hydrogen) atoms. The molecular weight excluding hydrogens is 237 g/mol. The molecule has 0 spiro atoms. The molecule has 1 fully saturated rings. The number of halogens is 3. The van der Waals surface area contributed by atoms with Crippen LogP contribution in [-0.2, 0) is 11.0 Å². The van der Waals surface area contributed by atoms with Crippen LogP contribution in [0.3, 0.4) is 0 Å². The number of hydrogen-bond acceptors (Lipinski definition) is 3. The fourth-order valence-electron chi connectivity index (χ4n) is 1.63. The van der Waals surface area contributed by atoms with Crippen molar-refractivity contribution in [3.63, 3.8) is 0 Å². The zero-order valence-electron chi connectivity index (χ0n) is 8.61. The topological polar surface area (TPSA) is 53.4 Å². The summed E-state index contributed by atoms with van der Waals surface area (Å²) in [5, 5.41) is 9.22. The molecule has 0 aromatic carbocycles. The van der Waals surface area contributed by atoms with Gasteiger partial charge in [-0.2, -0.15) is 13.2 Å². The fraction of sp³-hybridized carbons (Fsp3) is 0.400. The summed E-state index contributed by atoms with van der Waals surface area (Å²) in [5.41, 5.74) is -0.864. The zero-order chi connectivity index (χ0) is 12.6. The van der Waals surface area contributed by atoms with E-state index < -0.39 is 23.8 Å². The third-order valence-corrected chi connectivity index (χ3v) is 2.53. The van der Waals surface area contributed by atoms with Crippen LogP contribution in [-0.4, -0.2) is 28.6 Å². The highest BCUT2D eigenvalue weighted by Crippen LogP contribution is 2.31. The maximum Gasteiger partial charge on any atom is 0.416 e. The van der Waals surface area contributed by atoms with Gasteiger partial charge in [0.2, 0.25) is 0 Å². The number of rotatable bonds is 1. The van der Waals surface area contributed by atoms with Crippen molar-refractivity contribution in [1.82, 2.24) is 4.98 Å². The van der Waals surface area contributed by atoms with Gasteiger partial charge in [-0.3, -0.25) is 9.69 Å². The molecular formula is C10H9F3N2O2. The second kappa shape index (κ2) is 3.99. The predicted molar refractivity (Wildman–Crippen MR) is 52.2 cm³/mol. The maximum absolute atomic E-state index is 12.4. The number of anilines is 1. The van der Waals surface area contributed by atoms with E-state index >= 15 is 0 Å². The quantitative estimate of drug-likeness (QED) is 0.810. The van der Waals surface area contributed by atoms with E-state index in [9.17, 15) is 23.1 Å². The highest BCUT2D eigenvalue weighted by Gasteiger charge is 2.34. The van der Waals surface area contributed by atoms with Gasteiger partial charge >= 0.3 is 6.18 Å². The van der Waals surface area contributed by atoms with E-state index in [2.05, 4.69) is 4.98 Å². The highest BCUT2D eigenvalue weighted by molar-refractivity contribution is 5.97. The van der Waals surface area contributed by atoms with E-state index in [1.807, 2.05) is 0 Å². The molecule has 1 aromatic heterocycles. The van der Waals surface area contributed by atoms with E-state index in [1.54, 1.807) is 0 Å². The van der Waals surface area contributed by atoms with Crippen molar-refractivity contribution in [1.29, 1.82) is 0 Å². The monoisotopic (exact) mass is 246 g/mol. The van der Waals surface area contributed by atoms with Gasteiger partial charge in [-0.05, 0) is 12.1 Å². The normalized spacial score (nSPS) is 21.1. The van der Waals surface area contributed by atoms with Gasteiger partial charge in [0.15, 0.2) is 0 Å². The minimum absolute atomic E-state index is 0.0821. The minimum atomic E-state index is -4.47. The number of carbonyl (C=O) groups is 1. The van der Waals surface area contributed by atoms with Crippen LogP contribution < -0.4 is 4.90 Å². The Morgan fingerprint density at radius 2 is 2.18 bits per heavy atom. The van der Waals surface area contributed by atoms with Gasteiger partial charge < -0.3 is 5.11 Å². The van der Waals surface area contributed by atoms with Crippen molar-refractivity contribution < 1.29 is 23.1 Å². The van der Waals surface area contributed by atoms with Crippen LogP contribution in [0.5, 0.6) is 0 Å². The van der Waals surface area contributed by atoms with Crippen LogP contribution in [0, 0.1) is 0 Å². The second-order valence-electron chi connectivity index (χ2n) is 3.69. The molecule has 0 saturated carbocycles. The summed E-state index contributed by atoms with van der Waals surface area (Å²) in [7, 11) is 0. The molecule has 0 bridgehead atoms. The van der Waals surface area contributed by atoms with Gasteiger partial charge in [0, 0.05) is 19.2 Å². The van der Waals surface area contributed by atoms with Crippen molar-refractivity contribution in [2.24, 2.45) is 0 Å². The smallest absolute Gasteiger partial charge is 0.383 e. The van der Waals surface area contributed by atoms with Crippen molar-refractivity contribution in [2.75, 3.05) is 11.4 Å². The summed E-state index contributed by atoms with van der Waals surface area (Å²) in [6.07, 6.45) is -4.42. The average molecular weight is 246 g/mol. The van der Waals surface area contributed by atoms with Gasteiger partial charge in [-0.15, -0.1) is 0 Å². The van der Waals surface area contributed by atoms with E-state index in [4.69, 9.17) is 0 Å². The van der Waals surface area contributed by atoms with Crippen LogP contribution in [0.2, 0.25) is 0 Å². The van der Waals surface area contributed by atoms with E-state index in [0.29, 0.717) is 0 Å². The molecule has 1 atom stereocenters. The molecule has 1 amide bonds. The molecule has 0 radical (unpaired) electrons. The molecule has 1 aliphatic rings. The number of carbonyl (C=O) groups excluding carboxylic acids is 1. The lowest BCUT2D eigenvalue weighted by molar-refractivity contribution is -0.137. The molecule has 2 rings (SSSR count). The Hall–Kier alpha value is -1.63. The van der Waals surface area contributed by atoms with Crippen molar-refractivity contribution in [3.05, 3.63) is 23.9 Å². The molecule has 4 nitrogen and oxygen atoms in total. The van der Waals surface area contributed by atoms with Gasteiger partial charge in [0.1, 0.15) is 11.9 Å². The molecule has 1 N–H and O–H groups in total. The predicted octanol–water partition coefficient (Wildman–Crippen LogP) is 1.20. The first-order valence-electron chi connectivity index (χ1n) is 4.92. The van der Waals surface area contributed by atoms with Crippen LogP contribution in [0.15, 0.2) is 18.3 Å². The van der Waals surface area contributed by atoms with Gasteiger partial charge in [-0.1, -0.05) is 0 Å². The number of aromatic nitrogens is 1. The molecule has 1 saturated heterocycles. The number of amides is 1. The first-order chi connectivity index (χ1) is 7.89. The number of alkyl halides is 3. The Labute approximate surface area is 94.7 Å². The maximum atomic E-state index is 12.4. The average Bonchev–Trinajstić information content (AvgIpc) is 2.59. The Bertz CT molecular complexity index is 447. The molecule has 1 aromatic rings. The molecule has 7 heteroatoms. The standard InChI is InChI=1S/C10H9F3N2O2/c11-10(12,13)6-1-3-14-8(5-6)15-4-2-7(16)9(15)17/h1,3,5,7,16H,2,4H2. The Balaban J connectivity index is 2.31. The van der Waals surface area contributed by atoms with Crippen molar-refractivity contribution >= 4 is 11.7 Å². The first-order valence-corrected chi connectivity index (χ1v) is 4.92. The molecule has 2 heterocycles. The first kappa shape index (κ1) is 11.8. The lowest BCUT2D eigenvalue weighted by Crippen LogP contribution is -2.30. The van der Waals surface area contributed by atoms with Gasteiger partial charge in [0.25, 0.3) is 5.91 Å². The zero-order valence-corrected chi connectivity index (χ0v) is 8.61. The molecule has 0 aliphatic carbocycles. The second-order valence-corrected chi connectivity index (χ2v) is 3.69. The SMILES string of the molecule is O=C1C(O)CCN1c1cc(C(F)(F)F)ccn1. The summed E-state index contributed by atoms with van der Waals surface area (Å²) >= 11 is 0. The van der Waals surface area contributed by atoms with Crippen molar-refractivity contribution in [2.45, 2.75) is 18.7 Å². The molecule has 1 unspecified atom stereocenters. The van der Waals surface area contributed by atoms with E-state index in [1.165, 1.54) is 0 Å².